The molecule has 0 bridgehead atoms. The lowest BCUT2D eigenvalue weighted by molar-refractivity contribution is -0.130. The van der Waals surface area contributed by atoms with Crippen LogP contribution in [0.3, 0.4) is 0 Å². The lowest BCUT2D eigenvalue weighted by Gasteiger charge is -2.29. The summed E-state index contributed by atoms with van der Waals surface area (Å²) < 4.78 is 0. The molecule has 0 saturated carbocycles. The normalized spacial score (nSPS) is 22.1. The highest BCUT2D eigenvalue weighted by Crippen LogP contribution is 2.34. The van der Waals surface area contributed by atoms with Crippen molar-refractivity contribution < 1.29 is 4.79 Å². The van der Waals surface area contributed by atoms with E-state index in [-0.39, 0.29) is 0 Å². The van der Waals surface area contributed by atoms with Gasteiger partial charge in [-0.15, -0.1) is 12.3 Å². The Morgan fingerprint density at radius 2 is 2.12 bits per heavy atom. The van der Waals surface area contributed by atoms with Gasteiger partial charge in [0.25, 0.3) is 0 Å². The number of hydrogen-bond donors (Lipinski definition) is 0. The van der Waals surface area contributed by atoms with Crippen LogP contribution in [0, 0.1) is 23.7 Å². The Hall–Kier alpha value is -0.970. The van der Waals surface area contributed by atoms with Crippen LogP contribution in [-0.2, 0) is 4.79 Å². The number of carbonyl (C=O) groups excluding carboxylic acids is 1. The smallest absolute Gasteiger partial charge is 0.222 e. The van der Waals surface area contributed by atoms with E-state index < -0.39 is 0 Å². The van der Waals surface area contributed by atoms with E-state index in [0.29, 0.717) is 23.7 Å². The van der Waals surface area contributed by atoms with E-state index in [1.165, 1.54) is 0 Å². The predicted molar refractivity (Wildman–Crippen MR) is 71.4 cm³/mol. The number of likely N-dealkylation sites (tertiary alicyclic amines) is 1. The quantitative estimate of drug-likeness (QED) is 0.544. The predicted octanol–water partition coefficient (Wildman–Crippen LogP) is 3.07. The van der Waals surface area contributed by atoms with Gasteiger partial charge in [0.05, 0.1) is 0 Å². The third kappa shape index (κ3) is 4.42. The topological polar surface area (TPSA) is 20.3 Å². The van der Waals surface area contributed by atoms with Crippen molar-refractivity contribution >= 4 is 5.91 Å². The zero-order chi connectivity index (χ0) is 12.9. The van der Waals surface area contributed by atoms with Gasteiger partial charge >= 0.3 is 0 Å². The summed E-state index contributed by atoms with van der Waals surface area (Å²) in [6, 6.07) is 0. The molecule has 1 aliphatic rings. The van der Waals surface area contributed by atoms with E-state index >= 15 is 0 Å². The summed E-state index contributed by atoms with van der Waals surface area (Å²) in [7, 11) is 0. The third-order valence-corrected chi connectivity index (χ3v) is 3.78. The van der Waals surface area contributed by atoms with Crippen LogP contribution in [0.25, 0.3) is 0 Å². The van der Waals surface area contributed by atoms with Crippen LogP contribution in [0.4, 0.5) is 0 Å². The Labute approximate surface area is 106 Å². The Kier molecular flexibility index (Phi) is 5.05. The van der Waals surface area contributed by atoms with Crippen LogP contribution in [0.2, 0.25) is 0 Å². The monoisotopic (exact) mass is 235 g/mol. The number of carbonyl (C=O) groups is 1. The number of nitrogens with zero attached hydrogens (tertiary/aromatic N) is 1. The van der Waals surface area contributed by atoms with Gasteiger partial charge in [-0.05, 0) is 30.6 Å². The SMILES string of the molecule is C#CCCCN1CCC(C(C)(C)C)CCC1=O. The zero-order valence-corrected chi connectivity index (χ0v) is 11.5. The van der Waals surface area contributed by atoms with Gasteiger partial charge in [-0.1, -0.05) is 20.8 Å². The molecule has 1 amide bonds. The van der Waals surface area contributed by atoms with Crippen molar-refractivity contribution in [3.05, 3.63) is 0 Å². The van der Waals surface area contributed by atoms with Gasteiger partial charge in [0.1, 0.15) is 0 Å². The Balaban J connectivity index is 2.49. The minimum Gasteiger partial charge on any atom is -0.343 e. The molecule has 0 spiro atoms. The molecule has 0 aromatic heterocycles. The summed E-state index contributed by atoms with van der Waals surface area (Å²) in [5, 5.41) is 0. The van der Waals surface area contributed by atoms with Gasteiger partial charge in [-0.25, -0.2) is 0 Å². The van der Waals surface area contributed by atoms with Crippen molar-refractivity contribution in [3.63, 3.8) is 0 Å². The molecule has 2 nitrogen and oxygen atoms in total. The first-order valence-corrected chi connectivity index (χ1v) is 6.66. The average molecular weight is 235 g/mol. The minimum absolute atomic E-state index is 0.314. The molecule has 1 fully saturated rings. The first kappa shape index (κ1) is 14.1. The molecule has 1 atom stereocenters. The van der Waals surface area contributed by atoms with Crippen molar-refractivity contribution in [2.75, 3.05) is 13.1 Å². The van der Waals surface area contributed by atoms with Gasteiger partial charge in [0, 0.05) is 25.9 Å². The summed E-state index contributed by atoms with van der Waals surface area (Å²) in [4.78, 5) is 14.0. The van der Waals surface area contributed by atoms with Gasteiger partial charge < -0.3 is 4.90 Å². The highest BCUT2D eigenvalue weighted by atomic mass is 16.2. The van der Waals surface area contributed by atoms with Gasteiger partial charge in [-0.3, -0.25) is 4.79 Å². The van der Waals surface area contributed by atoms with Gasteiger partial charge in [0.2, 0.25) is 5.91 Å². The molecular weight excluding hydrogens is 210 g/mol. The molecule has 0 aliphatic carbocycles. The molecule has 0 radical (unpaired) electrons. The average Bonchev–Trinajstić information content (AvgIpc) is 2.41. The Bertz CT molecular complexity index is 295. The summed E-state index contributed by atoms with van der Waals surface area (Å²) in [6.45, 7) is 8.56. The van der Waals surface area contributed by atoms with Crippen LogP contribution >= 0.6 is 0 Å². The highest BCUT2D eigenvalue weighted by molar-refractivity contribution is 5.76. The fourth-order valence-electron chi connectivity index (χ4n) is 2.51. The van der Waals surface area contributed by atoms with E-state index in [4.69, 9.17) is 6.42 Å². The molecule has 2 heteroatoms. The fraction of sp³-hybridized carbons (Fsp3) is 0.800. The lowest BCUT2D eigenvalue weighted by Crippen LogP contribution is -2.31. The van der Waals surface area contributed by atoms with Crippen molar-refractivity contribution in [1.29, 1.82) is 0 Å². The fourth-order valence-corrected chi connectivity index (χ4v) is 2.51. The van der Waals surface area contributed by atoms with Crippen LogP contribution in [0.15, 0.2) is 0 Å². The molecule has 0 aromatic rings. The highest BCUT2D eigenvalue weighted by Gasteiger charge is 2.29. The number of rotatable bonds is 3. The summed E-state index contributed by atoms with van der Waals surface area (Å²) in [5.41, 5.74) is 0.315. The maximum atomic E-state index is 12.0. The largest absolute Gasteiger partial charge is 0.343 e. The van der Waals surface area contributed by atoms with Crippen molar-refractivity contribution in [3.8, 4) is 12.3 Å². The molecule has 17 heavy (non-hydrogen) atoms. The van der Waals surface area contributed by atoms with E-state index in [1.807, 2.05) is 4.90 Å². The molecule has 96 valence electrons. The number of hydrogen-bond acceptors (Lipinski definition) is 1. The standard InChI is InChI=1S/C15H25NO/c1-5-6-7-11-16-12-10-13(15(2,3)4)8-9-14(16)17/h1,13H,6-12H2,2-4H3. The minimum atomic E-state index is 0.314. The van der Waals surface area contributed by atoms with Crippen LogP contribution < -0.4 is 0 Å². The lowest BCUT2D eigenvalue weighted by atomic mass is 9.77. The molecule has 0 N–H and O–H groups in total. The number of terminal acetylenes is 1. The van der Waals surface area contributed by atoms with Gasteiger partial charge in [-0.2, -0.15) is 0 Å². The van der Waals surface area contributed by atoms with E-state index in [0.717, 1.165) is 38.8 Å². The summed E-state index contributed by atoms with van der Waals surface area (Å²) >= 11 is 0. The molecular formula is C15H25NO. The van der Waals surface area contributed by atoms with E-state index in [1.54, 1.807) is 0 Å². The number of amides is 1. The van der Waals surface area contributed by atoms with E-state index in [9.17, 15) is 4.79 Å². The second kappa shape index (κ2) is 6.10. The first-order valence-electron chi connectivity index (χ1n) is 6.66. The van der Waals surface area contributed by atoms with Crippen molar-refractivity contribution in [2.24, 2.45) is 11.3 Å². The summed E-state index contributed by atoms with van der Waals surface area (Å²) in [5.74, 6) is 3.60. The van der Waals surface area contributed by atoms with Crippen LogP contribution in [0.5, 0.6) is 0 Å². The summed E-state index contributed by atoms with van der Waals surface area (Å²) in [6.07, 6.45) is 9.81. The second-order valence-electron chi connectivity index (χ2n) is 6.08. The van der Waals surface area contributed by atoms with Crippen LogP contribution in [0.1, 0.15) is 52.9 Å². The van der Waals surface area contributed by atoms with E-state index in [2.05, 4.69) is 26.7 Å². The molecule has 1 unspecified atom stereocenters. The number of unbranched alkanes of at least 4 members (excludes halogenated alkanes) is 1. The first-order chi connectivity index (χ1) is 7.95. The molecule has 1 aliphatic heterocycles. The maximum Gasteiger partial charge on any atom is 0.222 e. The van der Waals surface area contributed by atoms with Gasteiger partial charge in [0.15, 0.2) is 0 Å². The molecule has 0 aromatic carbocycles. The maximum absolute atomic E-state index is 12.0. The van der Waals surface area contributed by atoms with Crippen molar-refractivity contribution in [2.45, 2.75) is 52.9 Å². The van der Waals surface area contributed by atoms with Crippen LogP contribution in [-0.4, -0.2) is 23.9 Å². The third-order valence-electron chi connectivity index (χ3n) is 3.78. The molecule has 1 saturated heterocycles. The Morgan fingerprint density at radius 3 is 2.71 bits per heavy atom. The molecule has 1 heterocycles. The van der Waals surface area contributed by atoms with Crippen molar-refractivity contribution in [1.82, 2.24) is 4.90 Å². The Morgan fingerprint density at radius 1 is 1.41 bits per heavy atom. The second-order valence-corrected chi connectivity index (χ2v) is 6.08. The molecule has 1 rings (SSSR count). The zero-order valence-electron chi connectivity index (χ0n) is 11.5.